The minimum atomic E-state index is -0.847. The van der Waals surface area contributed by atoms with Crippen LogP contribution in [0.5, 0.6) is 0 Å². The molecular formula is C24H26N2O5. The molecule has 0 saturated carbocycles. The van der Waals surface area contributed by atoms with E-state index in [4.69, 9.17) is 9.47 Å². The molecule has 2 N–H and O–H groups in total. The van der Waals surface area contributed by atoms with Crippen LogP contribution in [0.2, 0.25) is 0 Å². The highest BCUT2D eigenvalue weighted by molar-refractivity contribution is 5.86. The summed E-state index contributed by atoms with van der Waals surface area (Å²) in [6.07, 6.45) is 3.78. The molecule has 7 heteroatoms. The molecule has 1 atom stereocenters. The molecule has 162 valence electrons. The molecule has 31 heavy (non-hydrogen) atoms. The van der Waals surface area contributed by atoms with E-state index in [1.54, 1.807) is 0 Å². The Morgan fingerprint density at radius 1 is 1.03 bits per heavy atom. The number of hydrogen-bond donors (Lipinski definition) is 2. The van der Waals surface area contributed by atoms with Gasteiger partial charge in [0, 0.05) is 29.9 Å². The first kappa shape index (κ1) is 22.1. The summed E-state index contributed by atoms with van der Waals surface area (Å²) >= 11 is 0. The van der Waals surface area contributed by atoms with Gasteiger partial charge in [-0.3, -0.25) is 9.59 Å². The Bertz CT molecular complexity index is 1030. The largest absolute Gasteiger partial charge is 0.467 e. The number of benzene rings is 2. The van der Waals surface area contributed by atoms with Gasteiger partial charge in [0.2, 0.25) is 0 Å². The zero-order valence-corrected chi connectivity index (χ0v) is 17.4. The fourth-order valence-corrected chi connectivity index (χ4v) is 3.40. The van der Waals surface area contributed by atoms with Crippen molar-refractivity contribution >= 4 is 28.7 Å². The van der Waals surface area contributed by atoms with Gasteiger partial charge in [-0.05, 0) is 30.0 Å². The fraction of sp³-hybridized carbons (Fsp3) is 0.292. The van der Waals surface area contributed by atoms with E-state index in [2.05, 4.69) is 10.3 Å². The third-order valence-corrected chi connectivity index (χ3v) is 4.97. The van der Waals surface area contributed by atoms with Gasteiger partial charge in [0.15, 0.2) is 6.61 Å². The molecule has 0 saturated heterocycles. The number of para-hydroxylation sites is 1. The zero-order chi connectivity index (χ0) is 22.1. The number of esters is 2. The predicted octanol–water partition coefficient (Wildman–Crippen LogP) is 2.93. The third kappa shape index (κ3) is 6.44. The van der Waals surface area contributed by atoms with Crippen molar-refractivity contribution in [3.8, 4) is 0 Å². The maximum Gasteiger partial charge on any atom is 0.328 e. The van der Waals surface area contributed by atoms with Gasteiger partial charge in [-0.25, -0.2) is 4.79 Å². The molecule has 0 radical (unpaired) electrons. The van der Waals surface area contributed by atoms with Crippen LogP contribution in [0.15, 0.2) is 60.8 Å². The van der Waals surface area contributed by atoms with Crippen molar-refractivity contribution in [2.45, 2.75) is 31.7 Å². The number of ether oxygens (including phenoxy) is 2. The number of fused-ring (bicyclic) bond motifs is 1. The van der Waals surface area contributed by atoms with Crippen molar-refractivity contribution in [3.63, 3.8) is 0 Å². The van der Waals surface area contributed by atoms with Gasteiger partial charge < -0.3 is 19.8 Å². The Balaban J connectivity index is 1.42. The molecule has 2 aromatic carbocycles. The number of carbonyl (C=O) groups is 3. The van der Waals surface area contributed by atoms with E-state index < -0.39 is 30.5 Å². The highest BCUT2D eigenvalue weighted by atomic mass is 16.5. The van der Waals surface area contributed by atoms with Crippen LogP contribution in [0, 0.1) is 0 Å². The fourth-order valence-electron chi connectivity index (χ4n) is 3.40. The number of nitrogens with one attached hydrogen (secondary N) is 2. The van der Waals surface area contributed by atoms with Crippen molar-refractivity contribution in [2.24, 2.45) is 0 Å². The van der Waals surface area contributed by atoms with Crippen LogP contribution in [0.4, 0.5) is 0 Å². The minimum absolute atomic E-state index is 0.206. The van der Waals surface area contributed by atoms with Gasteiger partial charge in [-0.2, -0.15) is 0 Å². The van der Waals surface area contributed by atoms with E-state index in [0.717, 1.165) is 28.5 Å². The van der Waals surface area contributed by atoms with E-state index in [0.29, 0.717) is 6.42 Å². The summed E-state index contributed by atoms with van der Waals surface area (Å²) in [5.74, 6) is -1.55. The van der Waals surface area contributed by atoms with E-state index in [-0.39, 0.29) is 12.8 Å². The maximum absolute atomic E-state index is 12.2. The lowest BCUT2D eigenvalue weighted by atomic mass is 10.1. The van der Waals surface area contributed by atoms with E-state index >= 15 is 0 Å². The van der Waals surface area contributed by atoms with Crippen molar-refractivity contribution in [2.75, 3.05) is 13.7 Å². The van der Waals surface area contributed by atoms with Gasteiger partial charge >= 0.3 is 11.9 Å². The van der Waals surface area contributed by atoms with Gasteiger partial charge in [0.05, 0.1) is 7.11 Å². The zero-order valence-electron chi connectivity index (χ0n) is 17.4. The summed E-state index contributed by atoms with van der Waals surface area (Å²) in [7, 11) is 1.26. The summed E-state index contributed by atoms with van der Waals surface area (Å²) in [5.41, 5.74) is 3.09. The standard InChI is InChI=1S/C24H26N2O5/c1-30-24(29)21(14-17-8-3-2-4-9-17)26-22(27)16-31-23(28)13-7-10-18-15-25-20-12-6-5-11-19(18)20/h2-6,8-9,11-12,15,21,25H,7,10,13-14,16H2,1H3,(H,26,27). The monoisotopic (exact) mass is 422 g/mol. The third-order valence-electron chi connectivity index (χ3n) is 4.97. The second-order valence-corrected chi connectivity index (χ2v) is 7.21. The normalized spacial score (nSPS) is 11.6. The second-order valence-electron chi connectivity index (χ2n) is 7.21. The topological polar surface area (TPSA) is 97.5 Å². The van der Waals surface area contributed by atoms with Gasteiger partial charge in [0.1, 0.15) is 6.04 Å². The molecule has 3 rings (SSSR count). The van der Waals surface area contributed by atoms with E-state index in [1.807, 2.05) is 60.8 Å². The summed E-state index contributed by atoms with van der Waals surface area (Å²) in [6, 6.07) is 16.4. The number of H-pyrrole nitrogens is 1. The van der Waals surface area contributed by atoms with Crippen LogP contribution in [0.25, 0.3) is 10.9 Å². The Kier molecular flexibility index (Phi) is 7.81. The molecule has 3 aromatic rings. The number of aromatic nitrogens is 1. The lowest BCUT2D eigenvalue weighted by molar-refractivity contribution is -0.150. The van der Waals surface area contributed by atoms with Gasteiger partial charge in [-0.15, -0.1) is 0 Å². The lowest BCUT2D eigenvalue weighted by Gasteiger charge is -2.16. The lowest BCUT2D eigenvalue weighted by Crippen LogP contribution is -2.44. The van der Waals surface area contributed by atoms with Crippen molar-refractivity contribution in [3.05, 3.63) is 71.9 Å². The van der Waals surface area contributed by atoms with Crippen LogP contribution >= 0.6 is 0 Å². The molecule has 0 bridgehead atoms. The Morgan fingerprint density at radius 2 is 1.77 bits per heavy atom. The van der Waals surface area contributed by atoms with Gasteiger partial charge in [0.25, 0.3) is 5.91 Å². The summed E-state index contributed by atoms with van der Waals surface area (Å²) in [6.45, 7) is -0.436. The quantitative estimate of drug-likeness (QED) is 0.490. The number of amides is 1. The molecule has 1 heterocycles. The first-order valence-electron chi connectivity index (χ1n) is 10.2. The average Bonchev–Trinajstić information content (AvgIpc) is 3.20. The number of methoxy groups -OCH3 is 1. The maximum atomic E-state index is 12.2. The van der Waals surface area contributed by atoms with Crippen molar-refractivity contribution in [1.29, 1.82) is 0 Å². The average molecular weight is 422 g/mol. The van der Waals surface area contributed by atoms with E-state index in [9.17, 15) is 14.4 Å². The first-order chi connectivity index (χ1) is 15.1. The molecule has 7 nitrogen and oxygen atoms in total. The number of rotatable bonds is 10. The molecule has 1 aromatic heterocycles. The van der Waals surface area contributed by atoms with Crippen LogP contribution < -0.4 is 5.32 Å². The molecule has 0 aliphatic rings. The Labute approximate surface area is 180 Å². The second kappa shape index (κ2) is 11.0. The number of aromatic amines is 1. The SMILES string of the molecule is COC(=O)C(Cc1ccccc1)NC(=O)COC(=O)CCCc1c[nH]c2ccccc12. The Hall–Kier alpha value is -3.61. The smallest absolute Gasteiger partial charge is 0.328 e. The molecular weight excluding hydrogens is 396 g/mol. The van der Waals surface area contributed by atoms with Crippen LogP contribution in [0.1, 0.15) is 24.0 Å². The molecule has 0 aliphatic carbocycles. The van der Waals surface area contributed by atoms with Crippen molar-refractivity contribution < 1.29 is 23.9 Å². The highest BCUT2D eigenvalue weighted by Gasteiger charge is 2.22. The molecule has 0 fully saturated rings. The first-order valence-corrected chi connectivity index (χ1v) is 10.2. The predicted molar refractivity (Wildman–Crippen MR) is 116 cm³/mol. The highest BCUT2D eigenvalue weighted by Crippen LogP contribution is 2.19. The summed E-state index contributed by atoms with van der Waals surface area (Å²) in [5, 5.41) is 3.72. The van der Waals surface area contributed by atoms with Crippen LogP contribution in [-0.2, 0) is 36.7 Å². The summed E-state index contributed by atoms with van der Waals surface area (Å²) < 4.78 is 9.83. The molecule has 0 aliphatic heterocycles. The number of aryl methyl sites for hydroxylation is 1. The van der Waals surface area contributed by atoms with Crippen LogP contribution in [-0.4, -0.2) is 42.6 Å². The molecule has 1 unspecified atom stereocenters. The number of hydrogen-bond acceptors (Lipinski definition) is 5. The summed E-state index contributed by atoms with van der Waals surface area (Å²) in [4.78, 5) is 39.4. The Morgan fingerprint density at radius 3 is 2.55 bits per heavy atom. The molecule has 1 amide bonds. The minimum Gasteiger partial charge on any atom is -0.467 e. The van der Waals surface area contributed by atoms with Crippen molar-refractivity contribution in [1.82, 2.24) is 10.3 Å². The van der Waals surface area contributed by atoms with Gasteiger partial charge in [-0.1, -0.05) is 48.5 Å². The van der Waals surface area contributed by atoms with E-state index in [1.165, 1.54) is 7.11 Å². The number of carbonyl (C=O) groups excluding carboxylic acids is 3. The van der Waals surface area contributed by atoms with Crippen LogP contribution in [0.3, 0.4) is 0 Å². The molecule has 0 spiro atoms.